The summed E-state index contributed by atoms with van der Waals surface area (Å²) in [6.45, 7) is 2.44. The molecule has 0 saturated carbocycles. The number of carbonyl (C=O) groups is 1. The van der Waals surface area contributed by atoms with Crippen molar-refractivity contribution in [2.45, 2.75) is 26.0 Å². The predicted octanol–water partition coefficient (Wildman–Crippen LogP) is 0.853. The molecule has 2 aromatic rings. The third kappa shape index (κ3) is 2.34. The summed E-state index contributed by atoms with van der Waals surface area (Å²) in [5.74, 6) is 0.461. The van der Waals surface area contributed by atoms with Crippen molar-refractivity contribution in [2.75, 3.05) is 6.61 Å². The van der Waals surface area contributed by atoms with E-state index in [4.69, 9.17) is 9.47 Å². The highest BCUT2D eigenvalue weighted by molar-refractivity contribution is 5.85. The highest BCUT2D eigenvalue weighted by Gasteiger charge is 2.26. The lowest BCUT2D eigenvalue weighted by Crippen LogP contribution is -2.25. The van der Waals surface area contributed by atoms with E-state index >= 15 is 0 Å². The number of esters is 1. The van der Waals surface area contributed by atoms with Crippen LogP contribution in [-0.2, 0) is 17.7 Å². The molecule has 0 spiro atoms. The number of aromatic nitrogens is 4. The van der Waals surface area contributed by atoms with E-state index in [1.54, 1.807) is 6.92 Å². The lowest BCUT2D eigenvalue weighted by atomic mass is 10.1. The molecule has 1 atom stereocenters. The molecule has 0 N–H and O–H groups in total. The molecule has 7 nitrogen and oxygen atoms in total. The molecule has 0 aliphatic carbocycles. The Bertz CT molecular complexity index is 601. The van der Waals surface area contributed by atoms with Gasteiger partial charge in [-0.05, 0) is 29.0 Å². The molecular weight excluding hydrogens is 260 g/mol. The van der Waals surface area contributed by atoms with E-state index in [9.17, 15) is 4.79 Å². The molecule has 104 valence electrons. The second kappa shape index (κ2) is 5.28. The molecule has 0 fully saturated rings. The van der Waals surface area contributed by atoms with Crippen LogP contribution in [0.15, 0.2) is 24.3 Å². The van der Waals surface area contributed by atoms with Crippen LogP contribution in [0.4, 0.5) is 0 Å². The highest BCUT2D eigenvalue weighted by Crippen LogP contribution is 2.28. The van der Waals surface area contributed by atoms with Crippen molar-refractivity contribution in [3.05, 3.63) is 35.7 Å². The van der Waals surface area contributed by atoms with Gasteiger partial charge in [0.1, 0.15) is 11.9 Å². The Kier molecular flexibility index (Phi) is 3.32. The minimum absolute atomic E-state index is 0.0796. The Morgan fingerprint density at radius 1 is 1.50 bits per heavy atom. The molecule has 1 aromatic carbocycles. The molecule has 3 rings (SSSR count). The number of benzene rings is 1. The lowest BCUT2D eigenvalue weighted by Gasteiger charge is -2.11. The summed E-state index contributed by atoms with van der Waals surface area (Å²) < 4.78 is 12.1. The maximum atomic E-state index is 11.7. The standard InChI is InChI=1S/C13H14N4O3/c1-2-19-13(18)12-14-15-16-17(12)8-10-7-9-5-3-4-6-11(9)20-10/h3-6,10H,2,7-8H2,1H3. The summed E-state index contributed by atoms with van der Waals surface area (Å²) in [6, 6.07) is 7.87. The average Bonchev–Trinajstić information content (AvgIpc) is 3.05. The number of rotatable bonds is 4. The van der Waals surface area contributed by atoms with Gasteiger partial charge in [0, 0.05) is 6.42 Å². The van der Waals surface area contributed by atoms with Crippen LogP contribution in [0.25, 0.3) is 0 Å². The van der Waals surface area contributed by atoms with Crippen molar-refractivity contribution in [2.24, 2.45) is 0 Å². The van der Waals surface area contributed by atoms with E-state index in [1.807, 2.05) is 24.3 Å². The summed E-state index contributed by atoms with van der Waals surface area (Å²) in [7, 11) is 0. The highest BCUT2D eigenvalue weighted by atomic mass is 16.5. The lowest BCUT2D eigenvalue weighted by molar-refractivity contribution is 0.0501. The number of nitrogens with zero attached hydrogens (tertiary/aromatic N) is 4. The van der Waals surface area contributed by atoms with E-state index in [0.29, 0.717) is 6.54 Å². The molecule has 0 saturated heterocycles. The van der Waals surface area contributed by atoms with Gasteiger partial charge >= 0.3 is 5.97 Å². The van der Waals surface area contributed by atoms with Crippen molar-refractivity contribution in [3.63, 3.8) is 0 Å². The van der Waals surface area contributed by atoms with Gasteiger partial charge in [0.05, 0.1) is 13.2 Å². The van der Waals surface area contributed by atoms with Crippen LogP contribution in [-0.4, -0.2) is 38.9 Å². The summed E-state index contributed by atoms with van der Waals surface area (Å²) in [5, 5.41) is 11.0. The van der Waals surface area contributed by atoms with E-state index < -0.39 is 5.97 Å². The molecular formula is C13H14N4O3. The van der Waals surface area contributed by atoms with Gasteiger partial charge in [-0.2, -0.15) is 0 Å². The quantitative estimate of drug-likeness (QED) is 0.769. The van der Waals surface area contributed by atoms with Crippen molar-refractivity contribution < 1.29 is 14.3 Å². The van der Waals surface area contributed by atoms with E-state index in [-0.39, 0.29) is 18.5 Å². The molecule has 0 bridgehead atoms. The summed E-state index contributed by atoms with van der Waals surface area (Å²) in [6.07, 6.45) is 0.697. The molecule has 1 aliphatic rings. The normalized spacial score (nSPS) is 16.6. The Morgan fingerprint density at radius 3 is 3.15 bits per heavy atom. The van der Waals surface area contributed by atoms with Gasteiger partial charge in [0.2, 0.25) is 0 Å². The molecule has 0 radical (unpaired) electrons. The number of carbonyl (C=O) groups excluding carboxylic acids is 1. The van der Waals surface area contributed by atoms with Crippen LogP contribution in [0, 0.1) is 0 Å². The van der Waals surface area contributed by atoms with Gasteiger partial charge in [0.15, 0.2) is 0 Å². The SMILES string of the molecule is CCOC(=O)c1nnnn1CC1Cc2ccccc2O1. The Morgan fingerprint density at radius 2 is 2.35 bits per heavy atom. The van der Waals surface area contributed by atoms with Crippen LogP contribution >= 0.6 is 0 Å². The van der Waals surface area contributed by atoms with Gasteiger partial charge in [-0.3, -0.25) is 0 Å². The zero-order chi connectivity index (χ0) is 13.9. The molecule has 7 heteroatoms. The Hall–Kier alpha value is -2.44. The number of tetrazole rings is 1. The van der Waals surface area contributed by atoms with Gasteiger partial charge in [-0.1, -0.05) is 18.2 Å². The maximum Gasteiger partial charge on any atom is 0.378 e. The number of fused-ring (bicyclic) bond motifs is 1. The molecule has 20 heavy (non-hydrogen) atoms. The maximum absolute atomic E-state index is 11.7. The van der Waals surface area contributed by atoms with Crippen LogP contribution < -0.4 is 4.74 Å². The van der Waals surface area contributed by atoms with E-state index in [0.717, 1.165) is 17.7 Å². The number of hydrogen-bond donors (Lipinski definition) is 0. The second-order valence-corrected chi connectivity index (χ2v) is 4.46. The van der Waals surface area contributed by atoms with Gasteiger partial charge in [-0.25, -0.2) is 9.48 Å². The van der Waals surface area contributed by atoms with Gasteiger partial charge < -0.3 is 9.47 Å². The van der Waals surface area contributed by atoms with E-state index in [2.05, 4.69) is 15.5 Å². The Balaban J connectivity index is 1.71. The molecule has 1 aromatic heterocycles. The van der Waals surface area contributed by atoms with Crippen LogP contribution in [0.5, 0.6) is 5.75 Å². The first kappa shape index (κ1) is 12.6. The van der Waals surface area contributed by atoms with Crippen LogP contribution in [0.2, 0.25) is 0 Å². The fourth-order valence-corrected chi connectivity index (χ4v) is 2.22. The Labute approximate surface area is 115 Å². The third-order valence-electron chi connectivity index (χ3n) is 3.08. The monoisotopic (exact) mass is 274 g/mol. The predicted molar refractivity (Wildman–Crippen MR) is 68.3 cm³/mol. The van der Waals surface area contributed by atoms with Gasteiger partial charge in [0.25, 0.3) is 5.82 Å². The van der Waals surface area contributed by atoms with Crippen molar-refractivity contribution in [1.82, 2.24) is 20.2 Å². The fraction of sp³-hybridized carbons (Fsp3) is 0.385. The first-order valence-corrected chi connectivity index (χ1v) is 6.45. The second-order valence-electron chi connectivity index (χ2n) is 4.46. The summed E-state index contributed by atoms with van der Waals surface area (Å²) in [4.78, 5) is 11.7. The molecule has 1 unspecified atom stereocenters. The average molecular weight is 274 g/mol. The van der Waals surface area contributed by atoms with Crippen molar-refractivity contribution in [3.8, 4) is 5.75 Å². The fourth-order valence-electron chi connectivity index (χ4n) is 2.22. The van der Waals surface area contributed by atoms with Crippen molar-refractivity contribution in [1.29, 1.82) is 0 Å². The first-order chi connectivity index (χ1) is 9.78. The zero-order valence-corrected chi connectivity index (χ0v) is 11.0. The number of para-hydroxylation sites is 1. The topological polar surface area (TPSA) is 79.1 Å². The summed E-state index contributed by atoms with van der Waals surface area (Å²) >= 11 is 0. The molecule has 2 heterocycles. The largest absolute Gasteiger partial charge is 0.488 e. The number of hydrogen-bond acceptors (Lipinski definition) is 6. The van der Waals surface area contributed by atoms with Gasteiger partial charge in [-0.15, -0.1) is 5.10 Å². The third-order valence-corrected chi connectivity index (χ3v) is 3.08. The smallest absolute Gasteiger partial charge is 0.378 e. The minimum atomic E-state index is -0.520. The number of ether oxygens (including phenoxy) is 2. The minimum Gasteiger partial charge on any atom is -0.488 e. The molecule has 0 amide bonds. The van der Waals surface area contributed by atoms with Crippen LogP contribution in [0.1, 0.15) is 23.1 Å². The van der Waals surface area contributed by atoms with E-state index in [1.165, 1.54) is 4.68 Å². The molecule has 1 aliphatic heterocycles. The summed E-state index contributed by atoms with van der Waals surface area (Å²) in [5.41, 5.74) is 1.16. The van der Waals surface area contributed by atoms with Crippen molar-refractivity contribution >= 4 is 5.97 Å². The van der Waals surface area contributed by atoms with Crippen LogP contribution in [0.3, 0.4) is 0 Å². The zero-order valence-electron chi connectivity index (χ0n) is 11.0. The first-order valence-electron chi connectivity index (χ1n) is 6.45.